The number of amides is 2. The van der Waals surface area contributed by atoms with Crippen LogP contribution in [0.5, 0.6) is 0 Å². The van der Waals surface area contributed by atoms with Crippen LogP contribution in [0.15, 0.2) is 11.8 Å². The van der Waals surface area contributed by atoms with Crippen LogP contribution < -0.4 is 11.1 Å². The van der Waals surface area contributed by atoms with Crippen LogP contribution in [0.3, 0.4) is 0 Å². The second-order valence-corrected chi connectivity index (χ2v) is 4.39. The van der Waals surface area contributed by atoms with Crippen molar-refractivity contribution < 1.29 is 24.1 Å². The topological polar surface area (TPSA) is 108 Å². The molecule has 2 aliphatic rings. The van der Waals surface area contributed by atoms with Gasteiger partial charge in [-0.3, -0.25) is 4.90 Å². The second-order valence-electron chi connectivity index (χ2n) is 4.39. The lowest BCUT2D eigenvalue weighted by molar-refractivity contribution is -0.0591. The number of ether oxygens (including phenoxy) is 1. The van der Waals surface area contributed by atoms with Crippen molar-refractivity contribution in [2.45, 2.75) is 37.7 Å². The van der Waals surface area contributed by atoms with E-state index >= 15 is 0 Å². The molecule has 7 nitrogen and oxygen atoms in total. The molecule has 0 saturated carbocycles. The molecule has 2 rings (SSSR count). The van der Waals surface area contributed by atoms with E-state index in [1.54, 1.807) is 6.92 Å². The highest BCUT2D eigenvalue weighted by Gasteiger charge is 2.48. The summed E-state index contributed by atoms with van der Waals surface area (Å²) in [6.07, 6.45) is -4.79. The van der Waals surface area contributed by atoms with Gasteiger partial charge in [0.15, 0.2) is 12.4 Å². The van der Waals surface area contributed by atoms with Crippen molar-refractivity contribution >= 4 is 6.03 Å². The lowest BCUT2D eigenvalue weighted by Gasteiger charge is -2.33. The van der Waals surface area contributed by atoms with Crippen molar-refractivity contribution in [3.8, 4) is 0 Å². The predicted octanol–water partition coefficient (Wildman–Crippen LogP) is -1.38. The number of halogens is 1. The summed E-state index contributed by atoms with van der Waals surface area (Å²) in [5, 5.41) is 20.9. The number of alkyl halides is 1. The first-order chi connectivity index (χ1) is 8.45. The third kappa shape index (κ3) is 2.07. The van der Waals surface area contributed by atoms with Gasteiger partial charge in [0.05, 0.1) is 6.61 Å². The largest absolute Gasteiger partial charge is 0.394 e. The van der Waals surface area contributed by atoms with Gasteiger partial charge >= 0.3 is 6.03 Å². The van der Waals surface area contributed by atoms with E-state index in [0.717, 1.165) is 4.90 Å². The summed E-state index contributed by atoms with van der Waals surface area (Å²) in [7, 11) is 0. The summed E-state index contributed by atoms with van der Waals surface area (Å²) in [5.74, 6) is 0. The average Bonchev–Trinajstić information content (AvgIpc) is 2.61. The molecule has 1 fully saturated rings. The molecule has 0 bridgehead atoms. The molecule has 0 radical (unpaired) electrons. The van der Waals surface area contributed by atoms with E-state index in [4.69, 9.17) is 15.6 Å². The van der Waals surface area contributed by atoms with Gasteiger partial charge in [-0.05, 0) is 12.5 Å². The molecule has 0 aromatic heterocycles. The van der Waals surface area contributed by atoms with E-state index in [-0.39, 0.29) is 0 Å². The Bertz CT molecular complexity index is 378. The van der Waals surface area contributed by atoms with Crippen LogP contribution in [0.4, 0.5) is 9.18 Å². The van der Waals surface area contributed by atoms with Gasteiger partial charge in [0.1, 0.15) is 18.4 Å². The van der Waals surface area contributed by atoms with Crippen molar-refractivity contribution in [3.05, 3.63) is 11.8 Å². The monoisotopic (exact) mass is 261 g/mol. The maximum atomic E-state index is 13.8. The van der Waals surface area contributed by atoms with Crippen molar-refractivity contribution in [2.75, 3.05) is 6.61 Å². The fraction of sp³-hybridized carbons (Fsp3) is 0.700. The van der Waals surface area contributed by atoms with Crippen LogP contribution in [0, 0.1) is 0 Å². The molecule has 0 spiro atoms. The number of nitrogens with two attached hydrogens (primary N) is 1. The molecule has 2 aliphatic heterocycles. The third-order valence-corrected chi connectivity index (χ3v) is 3.09. The SMILES string of the molecule is CC1=CN([C@@H]2O[C@H](CO)[C@H](O)[C@H]2F)C(=O)NC1N. The number of rotatable bonds is 2. The van der Waals surface area contributed by atoms with E-state index in [9.17, 15) is 14.3 Å². The van der Waals surface area contributed by atoms with Gasteiger partial charge < -0.3 is 26.0 Å². The molecule has 0 aromatic rings. The van der Waals surface area contributed by atoms with Gasteiger partial charge in [0.25, 0.3) is 0 Å². The maximum absolute atomic E-state index is 13.8. The molecule has 0 aromatic carbocycles. The highest BCUT2D eigenvalue weighted by Crippen LogP contribution is 2.28. The van der Waals surface area contributed by atoms with Gasteiger partial charge in [0, 0.05) is 6.20 Å². The average molecular weight is 261 g/mol. The summed E-state index contributed by atoms with van der Waals surface area (Å²) in [6, 6.07) is -0.605. The Labute approximate surface area is 103 Å². The van der Waals surface area contributed by atoms with Crippen molar-refractivity contribution in [1.29, 1.82) is 0 Å². The van der Waals surface area contributed by atoms with E-state index in [0.29, 0.717) is 5.57 Å². The summed E-state index contributed by atoms with van der Waals surface area (Å²) < 4.78 is 19.0. The summed E-state index contributed by atoms with van der Waals surface area (Å²) in [5.41, 5.74) is 6.23. The van der Waals surface area contributed by atoms with Crippen LogP contribution >= 0.6 is 0 Å². The number of hydrogen-bond acceptors (Lipinski definition) is 5. The lowest BCUT2D eigenvalue weighted by Crippen LogP contribution is -2.56. The van der Waals surface area contributed by atoms with Crippen LogP contribution in [0.1, 0.15) is 6.92 Å². The molecule has 1 unspecified atom stereocenters. The molecule has 8 heteroatoms. The van der Waals surface area contributed by atoms with E-state index in [2.05, 4.69) is 5.32 Å². The Morgan fingerprint density at radius 1 is 1.67 bits per heavy atom. The van der Waals surface area contributed by atoms with Gasteiger partial charge in [-0.1, -0.05) is 0 Å². The minimum Gasteiger partial charge on any atom is -0.394 e. The summed E-state index contributed by atoms with van der Waals surface area (Å²) in [6.45, 7) is 1.16. The Morgan fingerprint density at radius 3 is 2.89 bits per heavy atom. The standard InChI is InChI=1S/C10H16FN3O4/c1-4-2-14(10(17)13-8(4)12)9-6(11)7(16)5(3-15)18-9/h2,5-9,15-16H,3,12H2,1H3,(H,13,17)/t5-,6-,7+,8?,9-/m1/s1. The zero-order chi connectivity index (χ0) is 13.4. The molecular weight excluding hydrogens is 245 g/mol. The van der Waals surface area contributed by atoms with E-state index < -0.39 is 43.4 Å². The first-order valence-corrected chi connectivity index (χ1v) is 5.57. The maximum Gasteiger partial charge on any atom is 0.325 e. The number of nitrogens with zero attached hydrogens (tertiary/aromatic N) is 1. The smallest absolute Gasteiger partial charge is 0.325 e. The van der Waals surface area contributed by atoms with Gasteiger partial charge in [-0.15, -0.1) is 0 Å². The number of urea groups is 1. The number of aliphatic hydroxyl groups excluding tert-OH is 2. The van der Waals surface area contributed by atoms with Crippen LogP contribution in [0.2, 0.25) is 0 Å². The fourth-order valence-electron chi connectivity index (χ4n) is 1.95. The molecule has 102 valence electrons. The Balaban J connectivity index is 2.19. The molecule has 0 aliphatic carbocycles. The normalized spacial score (nSPS) is 40.7. The highest BCUT2D eigenvalue weighted by atomic mass is 19.1. The lowest BCUT2D eigenvalue weighted by atomic mass is 10.1. The van der Waals surface area contributed by atoms with Crippen molar-refractivity contribution in [1.82, 2.24) is 10.2 Å². The Morgan fingerprint density at radius 2 is 2.33 bits per heavy atom. The summed E-state index contributed by atoms with van der Waals surface area (Å²) >= 11 is 0. The fourth-order valence-corrected chi connectivity index (χ4v) is 1.95. The number of hydrogen-bond donors (Lipinski definition) is 4. The van der Waals surface area contributed by atoms with Gasteiger partial charge in [0.2, 0.25) is 0 Å². The molecule has 2 amide bonds. The number of aliphatic hydroxyl groups is 2. The zero-order valence-corrected chi connectivity index (χ0v) is 9.78. The predicted molar refractivity (Wildman–Crippen MR) is 58.8 cm³/mol. The van der Waals surface area contributed by atoms with Gasteiger partial charge in [-0.2, -0.15) is 0 Å². The van der Waals surface area contributed by atoms with Crippen molar-refractivity contribution in [3.63, 3.8) is 0 Å². The van der Waals surface area contributed by atoms with Crippen LogP contribution in [-0.2, 0) is 4.74 Å². The molecule has 1 saturated heterocycles. The second kappa shape index (κ2) is 4.81. The first kappa shape index (κ1) is 13.2. The Hall–Kier alpha value is -1.22. The van der Waals surface area contributed by atoms with Crippen LogP contribution in [-0.4, -0.2) is 58.5 Å². The number of carbonyl (C=O) groups excluding carboxylic acids is 1. The molecule has 18 heavy (non-hydrogen) atoms. The molecule has 2 heterocycles. The van der Waals surface area contributed by atoms with E-state index in [1.165, 1.54) is 6.20 Å². The first-order valence-electron chi connectivity index (χ1n) is 5.57. The van der Waals surface area contributed by atoms with Crippen LogP contribution in [0.25, 0.3) is 0 Å². The molecular formula is C10H16FN3O4. The van der Waals surface area contributed by atoms with E-state index in [1.807, 2.05) is 0 Å². The van der Waals surface area contributed by atoms with Gasteiger partial charge in [-0.25, -0.2) is 9.18 Å². The number of carbonyl (C=O) groups is 1. The molecule has 5 atom stereocenters. The minimum absolute atomic E-state index is 0.518. The summed E-state index contributed by atoms with van der Waals surface area (Å²) in [4.78, 5) is 12.7. The zero-order valence-electron chi connectivity index (χ0n) is 9.78. The Kier molecular flexibility index (Phi) is 3.53. The highest BCUT2D eigenvalue weighted by molar-refractivity contribution is 5.77. The van der Waals surface area contributed by atoms with Crippen molar-refractivity contribution in [2.24, 2.45) is 5.73 Å². The molecule has 5 N–H and O–H groups in total. The quantitative estimate of drug-likeness (QED) is 0.490. The third-order valence-electron chi connectivity index (χ3n) is 3.09. The minimum atomic E-state index is -1.79. The number of nitrogens with one attached hydrogen (secondary N) is 1.